The van der Waals surface area contributed by atoms with Crippen molar-refractivity contribution in [3.8, 4) is 0 Å². The fourth-order valence-electron chi connectivity index (χ4n) is 2.47. The minimum absolute atomic E-state index is 0.00174. The summed E-state index contributed by atoms with van der Waals surface area (Å²) in [5, 5.41) is 5.60. The molecule has 4 N–H and O–H groups in total. The molecule has 1 saturated carbocycles. The molecule has 2 amide bonds. The number of carbonyl (C=O) groups excluding carboxylic acids is 2. The average Bonchev–Trinajstić information content (AvgIpc) is 2.37. The molecule has 0 radical (unpaired) electrons. The maximum Gasteiger partial charge on any atom is 0.242 e. The molecule has 0 spiro atoms. The summed E-state index contributed by atoms with van der Waals surface area (Å²) in [6.07, 6.45) is 3.79. The van der Waals surface area contributed by atoms with Gasteiger partial charge in [0.2, 0.25) is 11.8 Å². The Kier molecular flexibility index (Phi) is 6.28. The average molecular weight is 269 g/mol. The Labute approximate surface area is 115 Å². The minimum atomic E-state index is -0.470. The van der Waals surface area contributed by atoms with Crippen LogP contribution < -0.4 is 16.4 Å². The van der Waals surface area contributed by atoms with Crippen LogP contribution in [0.15, 0.2) is 0 Å². The van der Waals surface area contributed by atoms with Crippen molar-refractivity contribution in [3.63, 3.8) is 0 Å². The van der Waals surface area contributed by atoms with Crippen molar-refractivity contribution in [3.05, 3.63) is 0 Å². The highest BCUT2D eigenvalue weighted by Crippen LogP contribution is 2.28. The highest BCUT2D eigenvalue weighted by Gasteiger charge is 2.27. The largest absolute Gasteiger partial charge is 0.352 e. The molecule has 1 atom stereocenters. The van der Waals surface area contributed by atoms with Gasteiger partial charge in [-0.15, -0.1) is 0 Å². The molecule has 5 nitrogen and oxygen atoms in total. The highest BCUT2D eigenvalue weighted by atomic mass is 16.2. The Bertz CT molecular complexity index is 310. The van der Waals surface area contributed by atoms with E-state index < -0.39 is 6.04 Å². The van der Waals surface area contributed by atoms with Crippen LogP contribution in [-0.4, -0.2) is 30.4 Å². The molecule has 0 saturated heterocycles. The first kappa shape index (κ1) is 16.0. The standard InChI is InChI=1S/C14H27N3O2/c1-9(2)16-13(18)10(3)17-14(19)12-6-4-11(8-15)5-7-12/h9-12H,4-8,15H2,1-3H3,(H,16,18)(H,17,19). The Morgan fingerprint density at radius 3 is 2.16 bits per heavy atom. The van der Waals surface area contributed by atoms with Gasteiger partial charge in [-0.25, -0.2) is 0 Å². The number of nitrogens with two attached hydrogens (primary N) is 1. The molecular formula is C14H27N3O2. The molecule has 110 valence electrons. The van der Waals surface area contributed by atoms with Crippen LogP contribution in [0, 0.1) is 11.8 Å². The fraction of sp³-hybridized carbons (Fsp3) is 0.857. The van der Waals surface area contributed by atoms with Crippen LogP contribution in [0.4, 0.5) is 0 Å². The van der Waals surface area contributed by atoms with Crippen molar-refractivity contribution in [2.75, 3.05) is 6.54 Å². The molecule has 0 heterocycles. The van der Waals surface area contributed by atoms with E-state index in [-0.39, 0.29) is 23.8 Å². The summed E-state index contributed by atoms with van der Waals surface area (Å²) in [5.74, 6) is 0.476. The number of nitrogens with one attached hydrogen (secondary N) is 2. The summed E-state index contributed by atoms with van der Waals surface area (Å²) in [6, 6.07) is -0.381. The van der Waals surface area contributed by atoms with Gasteiger partial charge in [0.05, 0.1) is 0 Å². The zero-order valence-electron chi connectivity index (χ0n) is 12.2. The van der Waals surface area contributed by atoms with Crippen LogP contribution in [0.3, 0.4) is 0 Å². The lowest BCUT2D eigenvalue weighted by molar-refractivity contribution is -0.131. The lowest BCUT2D eigenvalue weighted by atomic mass is 9.81. The molecule has 0 bridgehead atoms. The Hall–Kier alpha value is -1.10. The van der Waals surface area contributed by atoms with E-state index in [2.05, 4.69) is 10.6 Å². The lowest BCUT2D eigenvalue weighted by Gasteiger charge is -2.27. The molecule has 1 aliphatic rings. The second-order valence-corrected chi connectivity index (χ2v) is 5.85. The van der Waals surface area contributed by atoms with Crippen LogP contribution in [0.25, 0.3) is 0 Å². The van der Waals surface area contributed by atoms with Gasteiger partial charge in [0.25, 0.3) is 0 Å². The molecule has 19 heavy (non-hydrogen) atoms. The zero-order chi connectivity index (χ0) is 14.4. The summed E-state index contributed by atoms with van der Waals surface area (Å²) in [4.78, 5) is 23.8. The molecule has 5 heteroatoms. The molecule has 0 aromatic heterocycles. The van der Waals surface area contributed by atoms with Gasteiger partial charge in [0, 0.05) is 12.0 Å². The van der Waals surface area contributed by atoms with Crippen molar-refractivity contribution in [1.29, 1.82) is 0 Å². The van der Waals surface area contributed by atoms with Gasteiger partial charge in [-0.3, -0.25) is 9.59 Å². The van der Waals surface area contributed by atoms with E-state index in [0.29, 0.717) is 12.5 Å². The van der Waals surface area contributed by atoms with Crippen molar-refractivity contribution >= 4 is 11.8 Å². The Morgan fingerprint density at radius 2 is 1.68 bits per heavy atom. The van der Waals surface area contributed by atoms with Gasteiger partial charge in [0.15, 0.2) is 0 Å². The minimum Gasteiger partial charge on any atom is -0.352 e. The topological polar surface area (TPSA) is 84.2 Å². The summed E-state index contributed by atoms with van der Waals surface area (Å²) in [6.45, 7) is 6.24. The quantitative estimate of drug-likeness (QED) is 0.689. The third-order valence-corrected chi connectivity index (χ3v) is 3.73. The lowest BCUT2D eigenvalue weighted by Crippen LogP contribution is -2.48. The number of carbonyl (C=O) groups is 2. The Morgan fingerprint density at radius 1 is 1.11 bits per heavy atom. The van der Waals surface area contributed by atoms with E-state index in [0.717, 1.165) is 25.7 Å². The SMILES string of the molecule is CC(C)NC(=O)C(C)NC(=O)C1CCC(CN)CC1. The summed E-state index contributed by atoms with van der Waals surface area (Å²) < 4.78 is 0. The summed E-state index contributed by atoms with van der Waals surface area (Å²) in [5.41, 5.74) is 5.64. The van der Waals surface area contributed by atoms with Crippen LogP contribution in [0.2, 0.25) is 0 Å². The fourth-order valence-corrected chi connectivity index (χ4v) is 2.47. The first-order valence-corrected chi connectivity index (χ1v) is 7.24. The predicted molar refractivity (Wildman–Crippen MR) is 75.4 cm³/mol. The van der Waals surface area contributed by atoms with Crippen molar-refractivity contribution < 1.29 is 9.59 Å². The van der Waals surface area contributed by atoms with E-state index in [4.69, 9.17) is 5.73 Å². The first-order chi connectivity index (χ1) is 8.93. The zero-order valence-corrected chi connectivity index (χ0v) is 12.2. The monoisotopic (exact) mass is 269 g/mol. The molecule has 0 aromatic rings. The van der Waals surface area contributed by atoms with Gasteiger partial charge < -0.3 is 16.4 Å². The molecule has 1 fully saturated rings. The van der Waals surface area contributed by atoms with Crippen LogP contribution in [0.1, 0.15) is 46.5 Å². The van der Waals surface area contributed by atoms with Gasteiger partial charge >= 0.3 is 0 Å². The van der Waals surface area contributed by atoms with Crippen LogP contribution in [0.5, 0.6) is 0 Å². The molecule has 0 aliphatic heterocycles. The van der Waals surface area contributed by atoms with Gasteiger partial charge in [-0.05, 0) is 58.9 Å². The van der Waals surface area contributed by atoms with E-state index in [1.807, 2.05) is 13.8 Å². The maximum atomic E-state index is 12.1. The van der Waals surface area contributed by atoms with E-state index in [1.165, 1.54) is 0 Å². The van der Waals surface area contributed by atoms with Gasteiger partial charge in [-0.1, -0.05) is 0 Å². The van der Waals surface area contributed by atoms with E-state index >= 15 is 0 Å². The summed E-state index contributed by atoms with van der Waals surface area (Å²) in [7, 11) is 0. The first-order valence-electron chi connectivity index (χ1n) is 7.24. The maximum absolute atomic E-state index is 12.1. The van der Waals surface area contributed by atoms with Crippen LogP contribution in [-0.2, 0) is 9.59 Å². The highest BCUT2D eigenvalue weighted by molar-refractivity contribution is 5.88. The second-order valence-electron chi connectivity index (χ2n) is 5.85. The molecule has 0 aromatic carbocycles. The molecule has 1 rings (SSSR count). The third kappa shape index (κ3) is 5.19. The smallest absolute Gasteiger partial charge is 0.242 e. The summed E-state index contributed by atoms with van der Waals surface area (Å²) >= 11 is 0. The molecule has 1 aliphatic carbocycles. The van der Waals surface area contributed by atoms with Gasteiger partial charge in [0.1, 0.15) is 6.04 Å². The number of rotatable bonds is 5. The second kappa shape index (κ2) is 7.48. The van der Waals surface area contributed by atoms with E-state index in [1.54, 1.807) is 6.92 Å². The number of hydrogen-bond acceptors (Lipinski definition) is 3. The predicted octanol–water partition coefficient (Wildman–Crippen LogP) is 0.781. The van der Waals surface area contributed by atoms with Crippen molar-refractivity contribution in [1.82, 2.24) is 10.6 Å². The normalized spacial score (nSPS) is 24.9. The van der Waals surface area contributed by atoms with Crippen molar-refractivity contribution in [2.24, 2.45) is 17.6 Å². The molecule has 1 unspecified atom stereocenters. The van der Waals surface area contributed by atoms with Gasteiger partial charge in [-0.2, -0.15) is 0 Å². The Balaban J connectivity index is 2.36. The van der Waals surface area contributed by atoms with Crippen LogP contribution >= 0.6 is 0 Å². The molecular weight excluding hydrogens is 242 g/mol. The number of hydrogen-bond donors (Lipinski definition) is 3. The third-order valence-electron chi connectivity index (χ3n) is 3.73. The van der Waals surface area contributed by atoms with Crippen molar-refractivity contribution in [2.45, 2.75) is 58.5 Å². The van der Waals surface area contributed by atoms with E-state index in [9.17, 15) is 9.59 Å². The number of amides is 2.